The van der Waals surface area contributed by atoms with E-state index < -0.39 is 11.6 Å². The Balaban J connectivity index is 1.97. The van der Waals surface area contributed by atoms with E-state index in [2.05, 4.69) is 26.2 Å². The molecule has 1 aromatic carbocycles. The Bertz CT molecular complexity index is 543. The van der Waals surface area contributed by atoms with Gasteiger partial charge in [-0.25, -0.2) is 13.8 Å². The zero-order chi connectivity index (χ0) is 13.8. The summed E-state index contributed by atoms with van der Waals surface area (Å²) in [6, 6.07) is 2.69. The third-order valence-corrected chi connectivity index (χ3v) is 3.42. The summed E-state index contributed by atoms with van der Waals surface area (Å²) in [6.07, 6.45) is 5.25. The Kier molecular flexibility index (Phi) is 4.66. The lowest BCUT2D eigenvalue weighted by atomic mass is 10.2. The molecule has 1 atom stereocenters. The van der Waals surface area contributed by atoms with Crippen molar-refractivity contribution in [3.63, 3.8) is 0 Å². The molecule has 2 rings (SSSR count). The number of hydrogen-bond donors (Lipinski definition) is 1. The van der Waals surface area contributed by atoms with E-state index in [1.165, 1.54) is 12.1 Å². The van der Waals surface area contributed by atoms with Crippen LogP contribution in [0.25, 0.3) is 0 Å². The van der Waals surface area contributed by atoms with Crippen molar-refractivity contribution in [2.75, 3.05) is 0 Å². The van der Waals surface area contributed by atoms with E-state index in [9.17, 15) is 8.78 Å². The van der Waals surface area contributed by atoms with Crippen molar-refractivity contribution in [1.29, 1.82) is 0 Å². The standard InChI is InChI=1S/C13H14BrF2N3/c1-9(7-19-5-4-17-8-19)18-6-10-12(15)3-2-11(14)13(10)16/h2-5,8-9,18H,6-7H2,1H3. The predicted molar refractivity (Wildman–Crippen MR) is 72.6 cm³/mol. The number of benzene rings is 1. The number of nitrogens with zero attached hydrogens (tertiary/aromatic N) is 2. The molecule has 102 valence electrons. The van der Waals surface area contributed by atoms with Gasteiger partial charge in [-0.2, -0.15) is 0 Å². The average molecular weight is 330 g/mol. The molecule has 1 aromatic heterocycles. The van der Waals surface area contributed by atoms with Crippen molar-refractivity contribution in [3.8, 4) is 0 Å². The largest absolute Gasteiger partial charge is 0.336 e. The van der Waals surface area contributed by atoms with E-state index in [-0.39, 0.29) is 22.6 Å². The zero-order valence-corrected chi connectivity index (χ0v) is 12.0. The first-order valence-electron chi connectivity index (χ1n) is 5.89. The van der Waals surface area contributed by atoms with E-state index >= 15 is 0 Å². The minimum atomic E-state index is -0.553. The number of aromatic nitrogens is 2. The van der Waals surface area contributed by atoms with Gasteiger partial charge in [0.1, 0.15) is 11.6 Å². The highest BCUT2D eigenvalue weighted by atomic mass is 79.9. The predicted octanol–water partition coefficient (Wildman–Crippen LogP) is 3.10. The van der Waals surface area contributed by atoms with Crippen LogP contribution in [0.2, 0.25) is 0 Å². The smallest absolute Gasteiger partial charge is 0.144 e. The first-order valence-corrected chi connectivity index (χ1v) is 6.68. The topological polar surface area (TPSA) is 29.9 Å². The molecule has 0 bridgehead atoms. The van der Waals surface area contributed by atoms with E-state index in [0.29, 0.717) is 6.54 Å². The number of hydrogen-bond acceptors (Lipinski definition) is 2. The van der Waals surface area contributed by atoms with Crippen LogP contribution in [0.1, 0.15) is 12.5 Å². The lowest BCUT2D eigenvalue weighted by Crippen LogP contribution is -2.30. The van der Waals surface area contributed by atoms with E-state index in [1.807, 2.05) is 17.7 Å². The second-order valence-electron chi connectivity index (χ2n) is 4.36. The highest BCUT2D eigenvalue weighted by Gasteiger charge is 2.13. The molecule has 1 unspecified atom stereocenters. The first-order chi connectivity index (χ1) is 9.08. The van der Waals surface area contributed by atoms with E-state index in [4.69, 9.17) is 0 Å². The quantitative estimate of drug-likeness (QED) is 0.854. The lowest BCUT2D eigenvalue weighted by molar-refractivity contribution is 0.456. The third-order valence-electron chi connectivity index (χ3n) is 2.81. The Morgan fingerprint density at radius 2 is 2.21 bits per heavy atom. The Hall–Kier alpha value is -1.27. The van der Waals surface area contributed by atoms with Crippen molar-refractivity contribution >= 4 is 15.9 Å². The second-order valence-corrected chi connectivity index (χ2v) is 5.22. The molecule has 1 N–H and O–H groups in total. The maximum Gasteiger partial charge on any atom is 0.144 e. The van der Waals surface area contributed by atoms with Gasteiger partial charge in [0.05, 0.1) is 10.8 Å². The third kappa shape index (κ3) is 3.61. The van der Waals surface area contributed by atoms with Crippen LogP contribution in [0, 0.1) is 11.6 Å². The molecule has 0 amide bonds. The molecule has 19 heavy (non-hydrogen) atoms. The number of halogens is 3. The Labute approximate surface area is 118 Å². The summed E-state index contributed by atoms with van der Waals surface area (Å²) >= 11 is 3.05. The fraction of sp³-hybridized carbons (Fsp3) is 0.308. The molecular weight excluding hydrogens is 316 g/mol. The summed E-state index contributed by atoms with van der Waals surface area (Å²) in [7, 11) is 0. The molecule has 0 fully saturated rings. The van der Waals surface area contributed by atoms with E-state index in [0.717, 1.165) is 0 Å². The van der Waals surface area contributed by atoms with Gasteiger partial charge in [0, 0.05) is 37.1 Å². The monoisotopic (exact) mass is 329 g/mol. The summed E-state index contributed by atoms with van der Waals surface area (Å²) < 4.78 is 29.5. The normalized spacial score (nSPS) is 12.6. The first kappa shape index (κ1) is 14.1. The fourth-order valence-corrected chi connectivity index (χ4v) is 2.15. The molecule has 0 aliphatic heterocycles. The molecule has 0 aliphatic carbocycles. The van der Waals surface area contributed by atoms with Gasteiger partial charge in [-0.15, -0.1) is 0 Å². The Morgan fingerprint density at radius 3 is 2.89 bits per heavy atom. The van der Waals surface area contributed by atoms with Crippen LogP contribution in [-0.4, -0.2) is 15.6 Å². The molecule has 3 nitrogen and oxygen atoms in total. The van der Waals surface area contributed by atoms with Gasteiger partial charge in [0.25, 0.3) is 0 Å². The zero-order valence-electron chi connectivity index (χ0n) is 10.4. The lowest BCUT2D eigenvalue weighted by Gasteiger charge is -2.15. The van der Waals surface area contributed by atoms with Crippen LogP contribution in [0.5, 0.6) is 0 Å². The van der Waals surface area contributed by atoms with Crippen LogP contribution >= 0.6 is 15.9 Å². The summed E-state index contributed by atoms with van der Waals surface area (Å²) in [6.45, 7) is 2.79. The molecule has 2 aromatic rings. The summed E-state index contributed by atoms with van der Waals surface area (Å²) in [5.74, 6) is -1.09. The number of nitrogens with one attached hydrogen (secondary N) is 1. The van der Waals surface area contributed by atoms with Gasteiger partial charge in [0.2, 0.25) is 0 Å². The Morgan fingerprint density at radius 1 is 1.42 bits per heavy atom. The minimum absolute atomic E-state index is 0.0480. The molecule has 1 heterocycles. The fourth-order valence-electron chi connectivity index (χ4n) is 1.78. The van der Waals surface area contributed by atoms with Crippen molar-refractivity contribution < 1.29 is 8.78 Å². The van der Waals surface area contributed by atoms with Crippen LogP contribution < -0.4 is 5.32 Å². The summed E-state index contributed by atoms with van der Waals surface area (Å²) in [5.41, 5.74) is 0.0480. The van der Waals surface area contributed by atoms with Gasteiger partial charge in [-0.1, -0.05) is 0 Å². The summed E-state index contributed by atoms with van der Waals surface area (Å²) in [5, 5.41) is 3.10. The van der Waals surface area contributed by atoms with E-state index in [1.54, 1.807) is 12.5 Å². The highest BCUT2D eigenvalue weighted by Crippen LogP contribution is 2.21. The van der Waals surface area contributed by atoms with Crippen LogP contribution in [0.4, 0.5) is 8.78 Å². The van der Waals surface area contributed by atoms with Crippen molar-refractivity contribution in [2.45, 2.75) is 26.1 Å². The summed E-state index contributed by atoms with van der Waals surface area (Å²) in [4.78, 5) is 3.94. The van der Waals surface area contributed by atoms with Crippen molar-refractivity contribution in [2.24, 2.45) is 0 Å². The minimum Gasteiger partial charge on any atom is -0.336 e. The van der Waals surface area contributed by atoms with Gasteiger partial charge in [-0.05, 0) is 35.0 Å². The van der Waals surface area contributed by atoms with Crippen molar-refractivity contribution in [3.05, 3.63) is 52.5 Å². The van der Waals surface area contributed by atoms with Gasteiger partial charge in [0.15, 0.2) is 0 Å². The molecule has 6 heteroatoms. The van der Waals surface area contributed by atoms with Crippen molar-refractivity contribution in [1.82, 2.24) is 14.9 Å². The molecule has 0 radical (unpaired) electrons. The number of rotatable bonds is 5. The van der Waals surface area contributed by atoms with Crippen LogP contribution in [0.3, 0.4) is 0 Å². The average Bonchev–Trinajstić information content (AvgIpc) is 2.87. The molecular formula is C13H14BrF2N3. The maximum atomic E-state index is 13.7. The van der Waals surface area contributed by atoms with Gasteiger partial charge >= 0.3 is 0 Å². The van der Waals surface area contributed by atoms with Crippen LogP contribution in [0.15, 0.2) is 35.3 Å². The molecule has 0 aliphatic rings. The molecule has 0 spiro atoms. The van der Waals surface area contributed by atoms with Gasteiger partial charge in [-0.3, -0.25) is 0 Å². The molecule has 0 saturated carbocycles. The second kappa shape index (κ2) is 6.25. The van der Waals surface area contributed by atoms with Crippen LogP contribution in [-0.2, 0) is 13.1 Å². The number of imidazole rings is 1. The maximum absolute atomic E-state index is 13.7. The highest BCUT2D eigenvalue weighted by molar-refractivity contribution is 9.10. The van der Waals surface area contributed by atoms with Gasteiger partial charge < -0.3 is 9.88 Å². The molecule has 0 saturated heterocycles. The SMILES string of the molecule is CC(Cn1ccnc1)NCc1c(F)ccc(Br)c1F.